The number of aromatic nitrogens is 3. The molecule has 0 spiro atoms. The quantitative estimate of drug-likeness (QED) is 0.214. The van der Waals surface area contributed by atoms with E-state index in [1.807, 2.05) is 36.4 Å². The van der Waals surface area contributed by atoms with Gasteiger partial charge in [-0.05, 0) is 29.3 Å². The van der Waals surface area contributed by atoms with Gasteiger partial charge in [-0.3, -0.25) is 4.57 Å². The maximum atomic E-state index is 6.58. The number of para-hydroxylation sites is 2. The highest BCUT2D eigenvalue weighted by molar-refractivity contribution is 6.21. The van der Waals surface area contributed by atoms with Crippen molar-refractivity contribution in [3.05, 3.63) is 152 Å². The molecule has 0 aliphatic carbocycles. The molecule has 9 aromatic rings. The molecule has 0 saturated heterocycles. The van der Waals surface area contributed by atoms with Crippen LogP contribution in [0.1, 0.15) is 0 Å². The summed E-state index contributed by atoms with van der Waals surface area (Å²) in [5, 5.41) is 4.47. The Kier molecular flexibility index (Phi) is 5.47. The Bertz CT molecular complexity index is 2470. The summed E-state index contributed by atoms with van der Waals surface area (Å²) in [7, 11) is 0. The van der Waals surface area contributed by atoms with Crippen molar-refractivity contribution in [2.45, 2.75) is 0 Å². The first kappa shape index (κ1) is 24.6. The fraction of sp³-hybridized carbons (Fsp3) is 0. The Morgan fingerprint density at radius 3 is 1.86 bits per heavy atom. The zero-order chi connectivity index (χ0) is 29.0. The molecule has 0 aliphatic rings. The predicted octanol–water partition coefficient (Wildman–Crippen LogP) is 10.5. The molecule has 0 amide bonds. The molecule has 206 valence electrons. The Hall–Kier alpha value is -6.00. The first-order valence-corrected chi connectivity index (χ1v) is 14.8. The lowest BCUT2D eigenvalue weighted by molar-refractivity contribution is 0.671. The van der Waals surface area contributed by atoms with Gasteiger partial charge in [-0.15, -0.1) is 0 Å². The van der Waals surface area contributed by atoms with Crippen LogP contribution in [0.15, 0.2) is 156 Å². The minimum atomic E-state index is 0.674. The minimum Gasteiger partial charge on any atom is -0.454 e. The van der Waals surface area contributed by atoms with Crippen LogP contribution in [0.2, 0.25) is 0 Å². The van der Waals surface area contributed by atoms with E-state index < -0.39 is 0 Å². The third-order valence-electron chi connectivity index (χ3n) is 8.44. The van der Waals surface area contributed by atoms with E-state index in [4.69, 9.17) is 14.4 Å². The van der Waals surface area contributed by atoms with Crippen LogP contribution in [-0.2, 0) is 0 Å². The van der Waals surface area contributed by atoms with Crippen molar-refractivity contribution in [2.24, 2.45) is 0 Å². The summed E-state index contributed by atoms with van der Waals surface area (Å²) in [4.78, 5) is 10.3. The second kappa shape index (κ2) is 9.79. The summed E-state index contributed by atoms with van der Waals surface area (Å²) >= 11 is 0. The Morgan fingerprint density at radius 1 is 0.455 bits per heavy atom. The third kappa shape index (κ3) is 3.85. The van der Waals surface area contributed by atoms with Gasteiger partial charge in [-0.1, -0.05) is 127 Å². The van der Waals surface area contributed by atoms with E-state index in [9.17, 15) is 0 Å². The zero-order valence-corrected chi connectivity index (χ0v) is 23.7. The molecule has 0 saturated carbocycles. The largest absolute Gasteiger partial charge is 0.454 e. The zero-order valence-electron chi connectivity index (χ0n) is 23.7. The molecule has 0 radical (unpaired) electrons. The highest BCUT2D eigenvalue weighted by Gasteiger charge is 2.21. The average molecular weight is 564 g/mol. The van der Waals surface area contributed by atoms with Crippen LogP contribution in [0.4, 0.5) is 0 Å². The van der Waals surface area contributed by atoms with Crippen molar-refractivity contribution >= 4 is 43.7 Å². The van der Waals surface area contributed by atoms with Gasteiger partial charge in [0.2, 0.25) is 0 Å². The molecule has 6 aromatic carbocycles. The second-order valence-corrected chi connectivity index (χ2v) is 11.0. The van der Waals surface area contributed by atoms with E-state index in [-0.39, 0.29) is 0 Å². The second-order valence-electron chi connectivity index (χ2n) is 11.0. The van der Waals surface area contributed by atoms with E-state index in [1.54, 1.807) is 0 Å². The molecule has 44 heavy (non-hydrogen) atoms. The average Bonchev–Trinajstić information content (AvgIpc) is 3.65. The fourth-order valence-corrected chi connectivity index (χ4v) is 6.35. The van der Waals surface area contributed by atoms with Crippen LogP contribution >= 0.6 is 0 Å². The molecule has 0 fully saturated rings. The number of nitrogens with zero attached hydrogens (tertiary/aromatic N) is 3. The van der Waals surface area contributed by atoms with Gasteiger partial charge in [0.25, 0.3) is 0 Å². The summed E-state index contributed by atoms with van der Waals surface area (Å²) in [5.74, 6) is 1.47. The standard InChI is InChI=1S/C40H25N3O/c1-3-11-26(12-4-1)27-19-21-28(22-20-27)34-25-37(42-40(41-34)29-13-5-2-6-14-29)43-35-17-9-7-15-30(35)32-23-24-33-31-16-8-10-18-36(31)44-39(33)38(32)43/h1-25H. The molecule has 4 nitrogen and oxygen atoms in total. The maximum Gasteiger partial charge on any atom is 0.162 e. The molecule has 4 heteroatoms. The normalized spacial score (nSPS) is 11.6. The first-order valence-electron chi connectivity index (χ1n) is 14.8. The van der Waals surface area contributed by atoms with E-state index >= 15 is 0 Å². The molecule has 3 heterocycles. The van der Waals surface area contributed by atoms with Gasteiger partial charge >= 0.3 is 0 Å². The Balaban J connectivity index is 1.33. The molecule has 0 aliphatic heterocycles. The molecule has 0 bridgehead atoms. The van der Waals surface area contributed by atoms with Gasteiger partial charge in [0.05, 0.1) is 16.7 Å². The van der Waals surface area contributed by atoms with Crippen molar-refractivity contribution in [1.29, 1.82) is 0 Å². The molecule has 0 N–H and O–H groups in total. The summed E-state index contributed by atoms with van der Waals surface area (Å²) in [5.41, 5.74) is 9.00. The van der Waals surface area contributed by atoms with Crippen LogP contribution in [0.3, 0.4) is 0 Å². The lowest BCUT2D eigenvalue weighted by atomic mass is 10.0. The number of furan rings is 1. The van der Waals surface area contributed by atoms with Crippen molar-refractivity contribution in [1.82, 2.24) is 14.5 Å². The number of hydrogen-bond donors (Lipinski definition) is 0. The summed E-state index contributed by atoms with van der Waals surface area (Å²) in [6.45, 7) is 0. The summed E-state index contributed by atoms with van der Waals surface area (Å²) in [6.07, 6.45) is 0. The van der Waals surface area contributed by atoms with Gasteiger partial charge in [0.1, 0.15) is 11.4 Å². The molecule has 0 unspecified atom stereocenters. The maximum absolute atomic E-state index is 6.58. The van der Waals surface area contributed by atoms with Gasteiger partial charge in [-0.2, -0.15) is 0 Å². The van der Waals surface area contributed by atoms with Crippen LogP contribution in [-0.4, -0.2) is 14.5 Å². The Morgan fingerprint density at radius 2 is 1.07 bits per heavy atom. The smallest absolute Gasteiger partial charge is 0.162 e. The minimum absolute atomic E-state index is 0.674. The SMILES string of the molecule is c1ccc(-c2ccc(-c3cc(-n4c5ccccc5c5ccc6c7ccccc7oc6c54)nc(-c4ccccc4)n3)cc2)cc1. The van der Waals surface area contributed by atoms with Crippen molar-refractivity contribution in [3.8, 4) is 39.6 Å². The van der Waals surface area contributed by atoms with Crippen molar-refractivity contribution in [2.75, 3.05) is 0 Å². The molecule has 9 rings (SSSR count). The van der Waals surface area contributed by atoms with E-state index in [2.05, 4.69) is 120 Å². The fourth-order valence-electron chi connectivity index (χ4n) is 6.35. The van der Waals surface area contributed by atoms with Crippen LogP contribution < -0.4 is 0 Å². The molecular formula is C40H25N3O. The number of benzene rings is 6. The topological polar surface area (TPSA) is 43.9 Å². The summed E-state index contributed by atoms with van der Waals surface area (Å²) in [6, 6.07) is 52.4. The van der Waals surface area contributed by atoms with Crippen molar-refractivity contribution in [3.63, 3.8) is 0 Å². The lowest BCUT2D eigenvalue weighted by Crippen LogP contribution is -2.02. The highest BCUT2D eigenvalue weighted by atomic mass is 16.3. The van der Waals surface area contributed by atoms with Crippen LogP contribution in [0, 0.1) is 0 Å². The van der Waals surface area contributed by atoms with E-state index in [0.29, 0.717) is 5.82 Å². The summed E-state index contributed by atoms with van der Waals surface area (Å²) < 4.78 is 8.82. The van der Waals surface area contributed by atoms with Crippen LogP contribution in [0.5, 0.6) is 0 Å². The van der Waals surface area contributed by atoms with E-state index in [1.165, 1.54) is 11.1 Å². The Labute approximate surface area is 253 Å². The number of rotatable bonds is 4. The van der Waals surface area contributed by atoms with Gasteiger partial charge in [0, 0.05) is 38.7 Å². The molecular weight excluding hydrogens is 538 g/mol. The number of fused-ring (bicyclic) bond motifs is 7. The molecule has 0 atom stereocenters. The monoisotopic (exact) mass is 563 g/mol. The van der Waals surface area contributed by atoms with Crippen LogP contribution in [0.25, 0.3) is 83.3 Å². The number of hydrogen-bond acceptors (Lipinski definition) is 3. The van der Waals surface area contributed by atoms with Gasteiger partial charge in [0.15, 0.2) is 11.4 Å². The molecule has 3 aromatic heterocycles. The predicted molar refractivity (Wildman–Crippen MR) is 180 cm³/mol. The van der Waals surface area contributed by atoms with E-state index in [0.717, 1.165) is 66.4 Å². The third-order valence-corrected chi connectivity index (χ3v) is 8.44. The van der Waals surface area contributed by atoms with Gasteiger partial charge in [-0.25, -0.2) is 9.97 Å². The van der Waals surface area contributed by atoms with Crippen molar-refractivity contribution < 1.29 is 4.42 Å². The lowest BCUT2D eigenvalue weighted by Gasteiger charge is -2.12. The first-order chi connectivity index (χ1) is 21.8. The highest BCUT2D eigenvalue weighted by Crippen LogP contribution is 2.40. The van der Waals surface area contributed by atoms with Gasteiger partial charge < -0.3 is 4.42 Å².